The van der Waals surface area contributed by atoms with E-state index in [-0.39, 0.29) is 11.2 Å². The molecule has 5 heteroatoms. The molecule has 0 bridgehead atoms. The highest BCUT2D eigenvalue weighted by Crippen LogP contribution is 2.30. The molecule has 0 saturated carbocycles. The summed E-state index contributed by atoms with van der Waals surface area (Å²) in [5.41, 5.74) is 0. The summed E-state index contributed by atoms with van der Waals surface area (Å²) < 4.78 is 0. The summed E-state index contributed by atoms with van der Waals surface area (Å²) >= 11 is 7.67. The fraction of sp³-hybridized carbons (Fsp3) is 0.588. The molecule has 0 aliphatic carbocycles. The van der Waals surface area contributed by atoms with Gasteiger partial charge in [-0.15, -0.1) is 11.8 Å². The zero-order chi connectivity index (χ0) is 15.9. The van der Waals surface area contributed by atoms with Gasteiger partial charge in [0, 0.05) is 24.0 Å². The van der Waals surface area contributed by atoms with E-state index in [4.69, 9.17) is 11.6 Å². The molecule has 1 saturated heterocycles. The Morgan fingerprint density at radius 2 is 2.09 bits per heavy atom. The van der Waals surface area contributed by atoms with Crippen LogP contribution in [-0.2, 0) is 4.79 Å². The molecule has 3 nitrogen and oxygen atoms in total. The minimum Gasteiger partial charge on any atom is -0.352 e. The topological polar surface area (TPSA) is 32.3 Å². The number of hydrogen-bond donors (Lipinski definition) is 1. The third kappa shape index (κ3) is 5.18. The number of rotatable bonds is 6. The van der Waals surface area contributed by atoms with E-state index in [1.54, 1.807) is 0 Å². The first-order valence-electron chi connectivity index (χ1n) is 8.04. The lowest BCUT2D eigenvalue weighted by Crippen LogP contribution is -2.46. The van der Waals surface area contributed by atoms with Crippen molar-refractivity contribution in [3.05, 3.63) is 29.3 Å². The van der Waals surface area contributed by atoms with E-state index in [1.807, 2.05) is 31.2 Å². The number of carbonyl (C=O) groups excluding carboxylic acids is 1. The Hall–Kier alpha value is -0.710. The molecular formula is C17H25ClN2OS. The summed E-state index contributed by atoms with van der Waals surface area (Å²) in [5.74, 6) is 0.110. The minimum atomic E-state index is -0.131. The van der Waals surface area contributed by atoms with Crippen LogP contribution < -0.4 is 5.32 Å². The van der Waals surface area contributed by atoms with Crippen molar-refractivity contribution in [1.82, 2.24) is 10.2 Å². The van der Waals surface area contributed by atoms with Gasteiger partial charge in [0.25, 0.3) is 0 Å². The molecule has 0 spiro atoms. The van der Waals surface area contributed by atoms with Gasteiger partial charge in [-0.1, -0.05) is 30.7 Å². The normalized spacial score (nSPS) is 18.1. The van der Waals surface area contributed by atoms with Crippen LogP contribution in [0.2, 0.25) is 5.02 Å². The highest BCUT2D eigenvalue weighted by atomic mass is 35.5. The second kappa shape index (κ2) is 8.80. The fourth-order valence-electron chi connectivity index (χ4n) is 2.72. The van der Waals surface area contributed by atoms with Crippen LogP contribution in [0.4, 0.5) is 0 Å². The number of likely N-dealkylation sites (tertiary alicyclic amines) is 1. The van der Waals surface area contributed by atoms with E-state index in [1.165, 1.54) is 24.7 Å². The first-order valence-corrected chi connectivity index (χ1v) is 9.29. The monoisotopic (exact) mass is 340 g/mol. The van der Waals surface area contributed by atoms with E-state index in [0.717, 1.165) is 30.8 Å². The van der Waals surface area contributed by atoms with E-state index in [9.17, 15) is 4.79 Å². The predicted molar refractivity (Wildman–Crippen MR) is 94.7 cm³/mol. The average Bonchev–Trinajstić information content (AvgIpc) is 2.51. The van der Waals surface area contributed by atoms with Gasteiger partial charge < -0.3 is 10.2 Å². The van der Waals surface area contributed by atoms with Gasteiger partial charge in [-0.3, -0.25) is 4.79 Å². The van der Waals surface area contributed by atoms with Crippen molar-refractivity contribution in [3.8, 4) is 0 Å². The minimum absolute atomic E-state index is 0.110. The lowest BCUT2D eigenvalue weighted by atomic mass is 10.0. The van der Waals surface area contributed by atoms with E-state index in [0.29, 0.717) is 11.1 Å². The van der Waals surface area contributed by atoms with Gasteiger partial charge in [0.05, 0.1) is 10.3 Å². The molecule has 1 heterocycles. The van der Waals surface area contributed by atoms with Crippen molar-refractivity contribution >= 4 is 29.3 Å². The van der Waals surface area contributed by atoms with Crippen LogP contribution in [0, 0.1) is 0 Å². The van der Waals surface area contributed by atoms with Crippen molar-refractivity contribution in [1.29, 1.82) is 0 Å². The van der Waals surface area contributed by atoms with Gasteiger partial charge in [-0.05, 0) is 44.9 Å². The number of piperidine rings is 1. The zero-order valence-corrected chi connectivity index (χ0v) is 14.9. The summed E-state index contributed by atoms with van der Waals surface area (Å²) in [6, 6.07) is 7.98. The summed E-state index contributed by atoms with van der Waals surface area (Å²) in [7, 11) is 0. The van der Waals surface area contributed by atoms with Gasteiger partial charge >= 0.3 is 0 Å². The zero-order valence-electron chi connectivity index (χ0n) is 13.3. The smallest absolute Gasteiger partial charge is 0.233 e. The van der Waals surface area contributed by atoms with Crippen LogP contribution in [0.1, 0.15) is 33.1 Å². The molecule has 1 aromatic carbocycles. The molecule has 1 aliphatic heterocycles. The number of nitrogens with zero attached hydrogens (tertiary/aromatic N) is 1. The average molecular weight is 341 g/mol. The molecule has 22 heavy (non-hydrogen) atoms. The van der Waals surface area contributed by atoms with Crippen molar-refractivity contribution in [2.24, 2.45) is 0 Å². The van der Waals surface area contributed by atoms with Crippen molar-refractivity contribution < 1.29 is 4.79 Å². The van der Waals surface area contributed by atoms with Crippen LogP contribution >= 0.6 is 23.4 Å². The third-order valence-corrected chi connectivity index (χ3v) is 5.60. The third-order valence-electron chi connectivity index (χ3n) is 3.98. The molecule has 0 aromatic heterocycles. The highest BCUT2D eigenvalue weighted by Gasteiger charge is 2.23. The molecule has 1 aliphatic rings. The van der Waals surface area contributed by atoms with E-state index < -0.39 is 0 Å². The molecule has 1 atom stereocenters. The molecule has 1 aromatic rings. The van der Waals surface area contributed by atoms with Crippen LogP contribution in [0.3, 0.4) is 0 Å². The molecule has 1 amide bonds. The van der Waals surface area contributed by atoms with Crippen LogP contribution in [0.5, 0.6) is 0 Å². The highest BCUT2D eigenvalue weighted by molar-refractivity contribution is 8.00. The van der Waals surface area contributed by atoms with E-state index in [2.05, 4.69) is 17.1 Å². The molecule has 122 valence electrons. The molecular weight excluding hydrogens is 316 g/mol. The second-order valence-electron chi connectivity index (χ2n) is 5.82. The maximum atomic E-state index is 12.3. The maximum absolute atomic E-state index is 12.3. The van der Waals surface area contributed by atoms with E-state index >= 15 is 0 Å². The van der Waals surface area contributed by atoms with Gasteiger partial charge in [0.15, 0.2) is 0 Å². The van der Waals surface area contributed by atoms with Crippen molar-refractivity contribution in [3.63, 3.8) is 0 Å². The Balaban J connectivity index is 1.79. The van der Waals surface area contributed by atoms with Crippen LogP contribution in [0.15, 0.2) is 29.2 Å². The van der Waals surface area contributed by atoms with Crippen molar-refractivity contribution in [2.75, 3.05) is 19.6 Å². The number of carbonyl (C=O) groups is 1. The molecule has 1 fully saturated rings. The standard InChI is InChI=1S/C17H25ClN2OS/c1-3-10-20-11-8-14(9-12-20)19-17(21)13(2)22-16-7-5-4-6-15(16)18/h4-7,13-14H,3,8-12H2,1-2H3,(H,19,21)/t13-/m0/s1. The summed E-state index contributed by atoms with van der Waals surface area (Å²) in [6.45, 7) is 7.49. The maximum Gasteiger partial charge on any atom is 0.233 e. The SMILES string of the molecule is CCCN1CCC(NC(=O)[C@H](C)Sc2ccccc2Cl)CC1. The quantitative estimate of drug-likeness (QED) is 0.799. The fourth-order valence-corrected chi connectivity index (χ4v) is 3.88. The first-order chi connectivity index (χ1) is 10.6. The number of benzene rings is 1. The van der Waals surface area contributed by atoms with Gasteiger partial charge in [-0.2, -0.15) is 0 Å². The molecule has 0 radical (unpaired) electrons. The number of thioether (sulfide) groups is 1. The molecule has 2 rings (SSSR count). The Kier molecular flexibility index (Phi) is 7.06. The first kappa shape index (κ1) is 17.6. The summed E-state index contributed by atoms with van der Waals surface area (Å²) in [4.78, 5) is 15.8. The van der Waals surface area contributed by atoms with Gasteiger partial charge in [-0.25, -0.2) is 0 Å². The van der Waals surface area contributed by atoms with Crippen LogP contribution in [0.25, 0.3) is 0 Å². The molecule has 0 unspecified atom stereocenters. The molecule has 1 N–H and O–H groups in total. The Morgan fingerprint density at radius 1 is 1.41 bits per heavy atom. The second-order valence-corrected chi connectivity index (χ2v) is 7.60. The summed E-state index contributed by atoms with van der Waals surface area (Å²) in [5, 5.41) is 3.77. The number of hydrogen-bond acceptors (Lipinski definition) is 3. The number of nitrogens with one attached hydrogen (secondary N) is 1. The van der Waals surface area contributed by atoms with Gasteiger partial charge in [0.2, 0.25) is 5.91 Å². The number of halogens is 1. The Bertz CT molecular complexity index is 489. The predicted octanol–water partition coefficient (Wildman–Crippen LogP) is 3.81. The number of amides is 1. The summed E-state index contributed by atoms with van der Waals surface area (Å²) in [6.07, 6.45) is 3.30. The van der Waals surface area contributed by atoms with Crippen LogP contribution in [-0.4, -0.2) is 41.7 Å². The van der Waals surface area contributed by atoms with Gasteiger partial charge in [0.1, 0.15) is 0 Å². The lowest BCUT2D eigenvalue weighted by molar-refractivity contribution is -0.121. The van der Waals surface area contributed by atoms with Crippen molar-refractivity contribution in [2.45, 2.75) is 49.3 Å². The largest absolute Gasteiger partial charge is 0.352 e. The lowest BCUT2D eigenvalue weighted by Gasteiger charge is -2.32. The Morgan fingerprint density at radius 3 is 2.73 bits per heavy atom. The Labute approximate surface area is 142 Å².